The monoisotopic (exact) mass is 659 g/mol. The van der Waals surface area contributed by atoms with E-state index in [9.17, 15) is 33.0 Å². The molecule has 0 aliphatic heterocycles. The molecule has 12 nitrogen and oxygen atoms in total. The van der Waals surface area contributed by atoms with Crippen LogP contribution in [0.25, 0.3) is 0 Å². The van der Waals surface area contributed by atoms with Crippen LogP contribution in [0.1, 0.15) is 5.56 Å². The Morgan fingerprint density at radius 3 is 1.89 bits per heavy atom. The first kappa shape index (κ1) is 31.2. The number of hydrogen-bond acceptors (Lipinski definition) is 8. The van der Waals surface area contributed by atoms with Gasteiger partial charge in [0.15, 0.2) is 0 Å². The minimum Gasteiger partial charge on any atom is -0.480 e. The van der Waals surface area contributed by atoms with E-state index in [0.717, 1.165) is 9.13 Å². The van der Waals surface area contributed by atoms with Crippen LogP contribution in [0.4, 0.5) is 5.69 Å². The highest BCUT2D eigenvalue weighted by Gasteiger charge is 2.18. The lowest BCUT2D eigenvalue weighted by molar-refractivity contribution is -0.140. The van der Waals surface area contributed by atoms with Crippen LogP contribution in [0.3, 0.4) is 0 Å². The van der Waals surface area contributed by atoms with Crippen molar-refractivity contribution >= 4 is 56.1 Å². The predicted molar refractivity (Wildman–Crippen MR) is 150 cm³/mol. The summed E-state index contributed by atoms with van der Waals surface area (Å²) in [6, 6.07) is 13.1. The summed E-state index contributed by atoms with van der Waals surface area (Å²) in [4.78, 5) is 38.2. The smallest absolute Gasteiger partial charge is 0.317 e. The Morgan fingerprint density at radius 2 is 1.39 bits per heavy atom. The highest BCUT2D eigenvalue weighted by Crippen LogP contribution is 2.11. The summed E-state index contributed by atoms with van der Waals surface area (Å²) in [5, 5.41) is 29.5. The van der Waals surface area contributed by atoms with Gasteiger partial charge in [0.25, 0.3) is 0 Å². The van der Waals surface area contributed by atoms with E-state index in [1.807, 2.05) is 12.1 Å². The number of rotatable bonds is 16. The molecule has 2 aromatic carbocycles. The molecular formula is C24H30IN5O7S. The van der Waals surface area contributed by atoms with Crippen LogP contribution in [-0.4, -0.2) is 85.5 Å². The summed E-state index contributed by atoms with van der Waals surface area (Å²) in [6.45, 7) is 3.77. The molecule has 2 rings (SSSR count). The van der Waals surface area contributed by atoms with Crippen LogP contribution in [0, 0.1) is 3.57 Å². The first-order valence-electron chi connectivity index (χ1n) is 11.3. The molecule has 0 heterocycles. The van der Waals surface area contributed by atoms with Crippen LogP contribution < -0.4 is 15.8 Å². The number of halogens is 1. The quantitative estimate of drug-likeness (QED) is 0.163. The zero-order valence-corrected chi connectivity index (χ0v) is 23.4. The number of primary sulfonamides is 1. The van der Waals surface area contributed by atoms with Crippen LogP contribution in [0.15, 0.2) is 65.7 Å². The summed E-state index contributed by atoms with van der Waals surface area (Å²) in [5.41, 5.74) is 1.85. The van der Waals surface area contributed by atoms with Gasteiger partial charge in [0.05, 0.1) is 24.5 Å². The predicted octanol–water partition coefficient (Wildman–Crippen LogP) is 0.954. The van der Waals surface area contributed by atoms with Crippen LogP contribution >= 0.6 is 22.6 Å². The number of anilines is 1. The number of hydrogen-bond donors (Lipinski definition) is 5. The Morgan fingerprint density at radius 1 is 0.868 bits per heavy atom. The summed E-state index contributed by atoms with van der Waals surface area (Å²) >= 11 is 2.14. The van der Waals surface area contributed by atoms with Crippen molar-refractivity contribution in [2.45, 2.75) is 11.4 Å². The van der Waals surface area contributed by atoms with Gasteiger partial charge in [-0.2, -0.15) is 0 Å². The van der Waals surface area contributed by atoms with E-state index in [2.05, 4.69) is 39.8 Å². The van der Waals surface area contributed by atoms with E-state index in [-0.39, 0.29) is 37.6 Å². The average Bonchev–Trinajstić information content (AvgIpc) is 2.81. The van der Waals surface area contributed by atoms with Gasteiger partial charge in [-0.1, -0.05) is 18.7 Å². The molecule has 2 aromatic rings. The molecule has 6 N–H and O–H groups in total. The second-order valence-corrected chi connectivity index (χ2v) is 11.2. The maximum Gasteiger partial charge on any atom is 0.317 e. The molecule has 0 bridgehead atoms. The number of sulfonamides is 1. The van der Waals surface area contributed by atoms with Crippen molar-refractivity contribution in [3.8, 4) is 0 Å². The van der Waals surface area contributed by atoms with E-state index in [1.165, 1.54) is 17.0 Å². The number of amides is 1. The molecule has 0 radical (unpaired) electrons. The van der Waals surface area contributed by atoms with Crippen LogP contribution in [0.5, 0.6) is 0 Å². The molecule has 0 aromatic heterocycles. The zero-order valence-electron chi connectivity index (χ0n) is 20.5. The first-order chi connectivity index (χ1) is 17.8. The van der Waals surface area contributed by atoms with E-state index in [0.29, 0.717) is 17.9 Å². The minimum absolute atomic E-state index is 0.00847. The molecule has 0 aliphatic carbocycles. The van der Waals surface area contributed by atoms with Gasteiger partial charge in [-0.05, 0) is 64.6 Å². The molecule has 38 heavy (non-hydrogen) atoms. The Balaban J connectivity index is 1.93. The molecule has 206 valence electrons. The Bertz CT molecular complexity index is 1240. The van der Waals surface area contributed by atoms with Crippen LogP contribution in [-0.2, 0) is 31.0 Å². The molecule has 0 saturated heterocycles. The number of nitrogens with zero attached hydrogens (tertiary/aromatic N) is 2. The molecule has 0 unspecified atom stereocenters. The number of carbonyl (C=O) groups excluding carboxylic acids is 1. The third kappa shape index (κ3) is 12.0. The van der Waals surface area contributed by atoms with Crippen molar-refractivity contribution < 1.29 is 33.0 Å². The van der Waals surface area contributed by atoms with E-state index >= 15 is 0 Å². The van der Waals surface area contributed by atoms with E-state index in [4.69, 9.17) is 5.14 Å². The summed E-state index contributed by atoms with van der Waals surface area (Å²) in [7, 11) is -3.79. The van der Waals surface area contributed by atoms with Crippen molar-refractivity contribution in [2.24, 2.45) is 5.14 Å². The van der Waals surface area contributed by atoms with Gasteiger partial charge >= 0.3 is 11.9 Å². The van der Waals surface area contributed by atoms with Crippen LogP contribution in [0.2, 0.25) is 0 Å². The molecule has 0 aliphatic rings. The number of benzene rings is 2. The van der Waals surface area contributed by atoms with Crippen molar-refractivity contribution in [3.63, 3.8) is 0 Å². The molecule has 1 amide bonds. The Hall–Kier alpha value is -3.05. The molecule has 0 fully saturated rings. The second-order valence-electron chi connectivity index (χ2n) is 8.41. The van der Waals surface area contributed by atoms with Gasteiger partial charge < -0.3 is 20.8 Å². The summed E-state index contributed by atoms with van der Waals surface area (Å²) in [6.07, 6.45) is 0. The number of carboxylic acid groups (broad SMARTS) is 2. The first-order valence-corrected chi connectivity index (χ1v) is 13.9. The molecule has 0 spiro atoms. The van der Waals surface area contributed by atoms with Gasteiger partial charge in [0.1, 0.15) is 0 Å². The SMILES string of the molecule is C=C(CN(CCN(CC(=O)O)CC(=O)Nc1ccc(I)cc1)CC(=O)O)NCc1ccc(S(N)(=O)=O)cc1. The third-order valence-electron chi connectivity index (χ3n) is 5.15. The van der Waals surface area contributed by atoms with Gasteiger partial charge in [0, 0.05) is 41.1 Å². The maximum absolute atomic E-state index is 12.5. The third-order valence-corrected chi connectivity index (χ3v) is 6.80. The van der Waals surface area contributed by atoms with Crippen molar-refractivity contribution in [3.05, 3.63) is 69.9 Å². The number of carboxylic acids is 2. The fourth-order valence-corrected chi connectivity index (χ4v) is 4.26. The zero-order chi connectivity index (χ0) is 28.3. The van der Waals surface area contributed by atoms with Gasteiger partial charge in [-0.25, -0.2) is 13.6 Å². The van der Waals surface area contributed by atoms with Gasteiger partial charge in [0.2, 0.25) is 15.9 Å². The number of aliphatic carboxylic acids is 2. The fourth-order valence-electron chi connectivity index (χ4n) is 3.38. The van der Waals surface area contributed by atoms with E-state index in [1.54, 1.807) is 29.2 Å². The number of nitrogens with one attached hydrogen (secondary N) is 2. The lowest BCUT2D eigenvalue weighted by atomic mass is 10.2. The van der Waals surface area contributed by atoms with Crippen molar-refractivity contribution in [1.29, 1.82) is 0 Å². The van der Waals surface area contributed by atoms with Crippen molar-refractivity contribution in [2.75, 3.05) is 44.6 Å². The van der Waals surface area contributed by atoms with Gasteiger partial charge in [-0.15, -0.1) is 0 Å². The molecule has 0 saturated carbocycles. The molecule has 14 heteroatoms. The van der Waals surface area contributed by atoms with E-state index < -0.39 is 34.4 Å². The summed E-state index contributed by atoms with van der Waals surface area (Å²) < 4.78 is 23.8. The highest BCUT2D eigenvalue weighted by atomic mass is 127. The minimum atomic E-state index is -3.79. The topological polar surface area (TPSA) is 182 Å². The summed E-state index contributed by atoms with van der Waals surface area (Å²) in [5.74, 6) is -2.58. The Kier molecular flexibility index (Phi) is 12.1. The largest absolute Gasteiger partial charge is 0.480 e. The maximum atomic E-state index is 12.5. The number of carbonyl (C=O) groups is 3. The fraction of sp³-hybridized carbons (Fsp3) is 0.292. The normalized spacial score (nSPS) is 11.4. The Labute approximate surface area is 234 Å². The standard InChI is InChI=1S/C24H30IN5O7S/c1-17(27-12-18-2-8-21(9-3-18)38(26,36)37)13-29(15-23(32)33)10-11-30(16-24(34)35)14-22(31)28-20-6-4-19(25)5-7-20/h2-9,27H,1,10-16H2,(H,28,31)(H,32,33)(H,34,35)(H2,26,36,37). The lowest BCUT2D eigenvalue weighted by Crippen LogP contribution is -2.44. The van der Waals surface area contributed by atoms with Gasteiger partial charge in [-0.3, -0.25) is 24.2 Å². The van der Waals surface area contributed by atoms with Crippen molar-refractivity contribution in [1.82, 2.24) is 15.1 Å². The molecule has 0 atom stereocenters. The average molecular weight is 660 g/mol. The lowest BCUT2D eigenvalue weighted by Gasteiger charge is -2.26. The number of nitrogens with two attached hydrogens (primary N) is 1. The second kappa shape index (κ2) is 14.8. The highest BCUT2D eigenvalue weighted by molar-refractivity contribution is 14.1. The molecular weight excluding hydrogens is 629 g/mol.